The highest BCUT2D eigenvalue weighted by atomic mass is 16.2. The van der Waals surface area contributed by atoms with E-state index in [-0.39, 0.29) is 5.92 Å². The number of hydrogen-bond acceptors (Lipinski definition) is 4. The molecule has 6 rings (SSSR count). The zero-order chi connectivity index (χ0) is 21.5. The van der Waals surface area contributed by atoms with Gasteiger partial charge in [0.25, 0.3) is 23.6 Å². The lowest BCUT2D eigenvalue weighted by Gasteiger charge is -2.47. The Balaban J connectivity index is 1.69. The topological polar surface area (TPSA) is 92.3 Å². The van der Waals surface area contributed by atoms with Crippen LogP contribution in [0, 0.1) is 5.92 Å². The van der Waals surface area contributed by atoms with Gasteiger partial charge in [-0.15, -0.1) is 0 Å². The maximum atomic E-state index is 12.8. The highest BCUT2D eigenvalue weighted by Gasteiger charge is 2.50. The summed E-state index contributed by atoms with van der Waals surface area (Å²) in [5, 5.41) is 4.77. The van der Waals surface area contributed by atoms with Crippen molar-refractivity contribution in [2.75, 3.05) is 0 Å². The van der Waals surface area contributed by atoms with Crippen molar-refractivity contribution in [3.63, 3.8) is 0 Å². The van der Waals surface area contributed by atoms with Gasteiger partial charge >= 0.3 is 0 Å². The zero-order valence-electron chi connectivity index (χ0n) is 16.5. The molecular weight excluding hydrogens is 392 g/mol. The van der Waals surface area contributed by atoms with Crippen LogP contribution >= 0.6 is 0 Å². The summed E-state index contributed by atoms with van der Waals surface area (Å²) in [5.74, 6) is -1.87. The van der Waals surface area contributed by atoms with Crippen molar-refractivity contribution >= 4 is 23.6 Å². The predicted octanol–water partition coefficient (Wildman–Crippen LogP) is 2.81. The highest BCUT2D eigenvalue weighted by Crippen LogP contribution is 2.55. The average molecular weight is 408 g/mol. The molecule has 4 aliphatic rings. The highest BCUT2D eigenvalue weighted by molar-refractivity contribution is 6.23. The largest absolute Gasteiger partial charge is 0.288 e. The first-order chi connectivity index (χ1) is 14.9. The molecule has 1 atom stereocenters. The second-order valence-electron chi connectivity index (χ2n) is 8.33. The third kappa shape index (κ3) is 2.11. The molecule has 0 radical (unpaired) electrons. The van der Waals surface area contributed by atoms with Crippen molar-refractivity contribution in [3.05, 3.63) is 105 Å². The number of allylic oxidation sites excluding steroid dienone is 6. The smallest absolute Gasteiger partial charge is 0.259 e. The minimum Gasteiger partial charge on any atom is -0.288 e. The summed E-state index contributed by atoms with van der Waals surface area (Å²) in [5.41, 5.74) is 3.90. The molecular formula is C25H16N2O4. The third-order valence-electron chi connectivity index (χ3n) is 6.80. The minimum absolute atomic E-state index is 0.123. The van der Waals surface area contributed by atoms with Gasteiger partial charge < -0.3 is 0 Å². The standard InChI is InChI=1S/C25H16N2O4/c1-25(20-12-5-2-6-13(20)11-12,16-9-3-7-14-18(16)23(30)26-21(14)28)17-10-4-8-15-19(17)24(31)27-22(15)29/h2-11,20H,1H3,(H,26,28,30)(H,27,29,31). The van der Waals surface area contributed by atoms with Crippen molar-refractivity contribution < 1.29 is 19.2 Å². The molecule has 2 aromatic carbocycles. The van der Waals surface area contributed by atoms with E-state index in [2.05, 4.69) is 16.7 Å². The predicted molar refractivity (Wildman–Crippen MR) is 112 cm³/mol. The summed E-state index contributed by atoms with van der Waals surface area (Å²) >= 11 is 0. The van der Waals surface area contributed by atoms with Crippen LogP contribution in [-0.4, -0.2) is 23.6 Å². The summed E-state index contributed by atoms with van der Waals surface area (Å²) in [6.45, 7) is 1.98. The van der Waals surface area contributed by atoms with Crippen molar-refractivity contribution in [2.45, 2.75) is 12.3 Å². The Morgan fingerprint density at radius 2 is 1.29 bits per heavy atom. The van der Waals surface area contributed by atoms with Gasteiger partial charge in [0, 0.05) is 11.3 Å². The molecule has 4 amide bonds. The van der Waals surface area contributed by atoms with E-state index in [1.165, 1.54) is 0 Å². The van der Waals surface area contributed by atoms with Crippen LogP contribution in [0.25, 0.3) is 0 Å². The van der Waals surface area contributed by atoms with Crippen LogP contribution in [-0.2, 0) is 5.41 Å². The number of rotatable bonds is 3. The van der Waals surface area contributed by atoms with Gasteiger partial charge in [0.2, 0.25) is 0 Å². The molecule has 2 aromatic rings. The fourth-order valence-electron chi connectivity index (χ4n) is 5.44. The lowest BCUT2D eigenvalue weighted by molar-refractivity contribution is 0.0863. The summed E-state index contributed by atoms with van der Waals surface area (Å²) in [6.07, 6.45) is 8.07. The Kier molecular flexibility index (Phi) is 3.30. The molecule has 2 aliphatic heterocycles. The number of benzene rings is 2. The molecule has 6 nitrogen and oxygen atoms in total. The molecule has 0 aromatic heterocycles. The lowest BCUT2D eigenvalue weighted by atomic mass is 9.55. The third-order valence-corrected chi connectivity index (χ3v) is 6.80. The van der Waals surface area contributed by atoms with E-state index < -0.39 is 29.0 Å². The number of carbonyl (C=O) groups excluding carboxylic acids is 4. The van der Waals surface area contributed by atoms with Crippen molar-refractivity contribution in [3.8, 4) is 0 Å². The van der Waals surface area contributed by atoms with E-state index in [0.717, 1.165) is 11.1 Å². The molecule has 0 fully saturated rings. The molecule has 2 heterocycles. The minimum atomic E-state index is -0.860. The van der Waals surface area contributed by atoms with Gasteiger partial charge in [-0.05, 0) is 34.4 Å². The zero-order valence-corrected chi connectivity index (χ0v) is 16.5. The van der Waals surface area contributed by atoms with Gasteiger partial charge in [0.15, 0.2) is 0 Å². The van der Waals surface area contributed by atoms with Crippen LogP contribution in [0.5, 0.6) is 0 Å². The molecule has 2 aliphatic carbocycles. The van der Waals surface area contributed by atoms with Crippen LogP contribution < -0.4 is 10.6 Å². The Morgan fingerprint density at radius 3 is 1.74 bits per heavy atom. The fraction of sp³-hybridized carbons (Fsp3) is 0.120. The molecule has 0 saturated carbocycles. The SMILES string of the molecule is CC(c1cccc2c1C(=O)NC2=O)(c1cccc2c1C(=O)NC2=O)C1C2=CC=CC1=C2. The van der Waals surface area contributed by atoms with E-state index in [1.807, 2.05) is 37.3 Å². The quantitative estimate of drug-likeness (QED) is 0.764. The second kappa shape index (κ2) is 5.76. The molecule has 0 spiro atoms. The van der Waals surface area contributed by atoms with E-state index in [4.69, 9.17) is 0 Å². The van der Waals surface area contributed by atoms with E-state index in [9.17, 15) is 19.2 Å². The molecule has 2 N–H and O–H groups in total. The molecule has 6 heteroatoms. The Hall–Kier alpha value is -4.06. The van der Waals surface area contributed by atoms with E-state index in [0.29, 0.717) is 33.4 Å². The summed E-state index contributed by atoms with van der Waals surface area (Å²) in [7, 11) is 0. The lowest BCUT2D eigenvalue weighted by Crippen LogP contribution is -2.42. The van der Waals surface area contributed by atoms with Gasteiger partial charge in [-0.25, -0.2) is 0 Å². The monoisotopic (exact) mass is 408 g/mol. The van der Waals surface area contributed by atoms with Crippen LogP contribution in [0.1, 0.15) is 59.5 Å². The second-order valence-corrected chi connectivity index (χ2v) is 8.33. The van der Waals surface area contributed by atoms with Crippen LogP contribution in [0.3, 0.4) is 0 Å². The first kappa shape index (κ1) is 17.8. The average Bonchev–Trinajstić information content (AvgIpc) is 3.23. The first-order valence-corrected chi connectivity index (χ1v) is 9.99. The first-order valence-electron chi connectivity index (χ1n) is 9.99. The van der Waals surface area contributed by atoms with Gasteiger partial charge in [-0.1, -0.05) is 55.5 Å². The van der Waals surface area contributed by atoms with Gasteiger partial charge in [0.05, 0.1) is 22.3 Å². The molecule has 1 unspecified atom stereocenters. The molecule has 2 bridgehead atoms. The van der Waals surface area contributed by atoms with Crippen LogP contribution in [0.2, 0.25) is 0 Å². The Morgan fingerprint density at radius 1 is 0.742 bits per heavy atom. The number of carbonyl (C=O) groups is 4. The van der Waals surface area contributed by atoms with Crippen molar-refractivity contribution in [2.24, 2.45) is 5.92 Å². The number of nitrogens with one attached hydrogen (secondary N) is 2. The maximum absolute atomic E-state index is 12.8. The van der Waals surface area contributed by atoms with Gasteiger partial charge in [-0.3, -0.25) is 29.8 Å². The summed E-state index contributed by atoms with van der Waals surface area (Å²) < 4.78 is 0. The van der Waals surface area contributed by atoms with E-state index >= 15 is 0 Å². The van der Waals surface area contributed by atoms with Crippen molar-refractivity contribution in [1.29, 1.82) is 0 Å². The van der Waals surface area contributed by atoms with Crippen molar-refractivity contribution in [1.82, 2.24) is 10.6 Å². The molecule has 0 saturated heterocycles. The molecule has 31 heavy (non-hydrogen) atoms. The number of imide groups is 2. The number of fused-ring (bicyclic) bond motifs is 4. The summed E-state index contributed by atoms with van der Waals surface area (Å²) in [6, 6.07) is 10.4. The molecule has 150 valence electrons. The van der Waals surface area contributed by atoms with Gasteiger partial charge in [0.1, 0.15) is 0 Å². The van der Waals surface area contributed by atoms with Gasteiger partial charge in [-0.2, -0.15) is 0 Å². The van der Waals surface area contributed by atoms with E-state index in [1.54, 1.807) is 24.3 Å². The fourth-order valence-corrected chi connectivity index (χ4v) is 5.44. The summed E-state index contributed by atoms with van der Waals surface area (Å²) in [4.78, 5) is 50.3. The Labute approximate surface area is 177 Å². The van der Waals surface area contributed by atoms with Crippen LogP contribution in [0.4, 0.5) is 0 Å². The van der Waals surface area contributed by atoms with Crippen LogP contribution in [0.15, 0.2) is 71.8 Å². The number of amides is 4. The maximum Gasteiger partial charge on any atom is 0.259 e. The normalized spacial score (nSPS) is 20.5. The Bertz CT molecular complexity index is 1290. The number of hydrogen-bond donors (Lipinski definition) is 2.